The number of benzene rings is 1. The Hall–Kier alpha value is -2.37. The zero-order valence-electron chi connectivity index (χ0n) is 11.5. The maximum absolute atomic E-state index is 12.2. The summed E-state index contributed by atoms with van der Waals surface area (Å²) in [5.74, 6) is 1.03. The standard InChI is InChI=1S/C15H16N4O2/c20-15(14-17-13(18-21-14)10-6-7-10)19-8-12(9-19)16-11-4-2-1-3-5-11/h1-5,10,12,16H,6-9H2. The van der Waals surface area contributed by atoms with Crippen LogP contribution >= 0.6 is 0 Å². The number of anilines is 1. The lowest BCUT2D eigenvalue weighted by Gasteiger charge is -2.39. The van der Waals surface area contributed by atoms with Gasteiger partial charge in [-0.15, -0.1) is 0 Å². The van der Waals surface area contributed by atoms with Crippen molar-refractivity contribution in [2.75, 3.05) is 18.4 Å². The predicted octanol–water partition coefficient (Wildman–Crippen LogP) is 1.88. The molecule has 1 aromatic carbocycles. The Kier molecular flexibility index (Phi) is 2.87. The number of rotatable bonds is 4. The van der Waals surface area contributed by atoms with Gasteiger partial charge in [0.05, 0.1) is 6.04 Å². The molecule has 0 radical (unpaired) electrons. The van der Waals surface area contributed by atoms with Crippen molar-refractivity contribution in [3.05, 3.63) is 42.0 Å². The van der Waals surface area contributed by atoms with Gasteiger partial charge in [-0.1, -0.05) is 23.4 Å². The Morgan fingerprint density at radius 2 is 2.00 bits per heavy atom. The third-order valence-corrected chi connectivity index (χ3v) is 3.88. The summed E-state index contributed by atoms with van der Waals surface area (Å²) in [5, 5.41) is 7.27. The molecule has 2 fully saturated rings. The van der Waals surface area contributed by atoms with Crippen LogP contribution in [0.2, 0.25) is 0 Å². The normalized spacial score (nSPS) is 18.4. The molecule has 1 aromatic heterocycles. The summed E-state index contributed by atoms with van der Waals surface area (Å²) in [5.41, 5.74) is 1.07. The quantitative estimate of drug-likeness (QED) is 0.928. The molecule has 1 saturated heterocycles. The second kappa shape index (κ2) is 4.87. The number of hydrogen-bond donors (Lipinski definition) is 1. The van der Waals surface area contributed by atoms with Crippen LogP contribution in [0, 0.1) is 0 Å². The van der Waals surface area contributed by atoms with Crippen molar-refractivity contribution >= 4 is 11.6 Å². The summed E-state index contributed by atoms with van der Waals surface area (Å²) in [6.07, 6.45) is 2.19. The van der Waals surface area contributed by atoms with Crippen molar-refractivity contribution in [1.29, 1.82) is 0 Å². The number of carbonyl (C=O) groups is 1. The van der Waals surface area contributed by atoms with Crippen LogP contribution < -0.4 is 5.32 Å². The summed E-state index contributed by atoms with van der Waals surface area (Å²) in [6.45, 7) is 1.32. The lowest BCUT2D eigenvalue weighted by Crippen LogP contribution is -2.57. The first kappa shape index (κ1) is 12.4. The molecule has 21 heavy (non-hydrogen) atoms. The Bertz CT molecular complexity index is 645. The Balaban J connectivity index is 1.33. The summed E-state index contributed by atoms with van der Waals surface area (Å²) >= 11 is 0. The predicted molar refractivity (Wildman–Crippen MR) is 76.0 cm³/mol. The largest absolute Gasteiger partial charge is 0.379 e. The average molecular weight is 284 g/mol. The molecular formula is C15H16N4O2. The number of para-hydroxylation sites is 1. The first-order valence-corrected chi connectivity index (χ1v) is 7.24. The molecule has 1 aliphatic heterocycles. The van der Waals surface area contributed by atoms with Gasteiger partial charge in [-0.05, 0) is 25.0 Å². The molecule has 0 unspecified atom stereocenters. The van der Waals surface area contributed by atoms with Gasteiger partial charge in [0.1, 0.15) is 0 Å². The highest BCUT2D eigenvalue weighted by Gasteiger charge is 2.35. The maximum Gasteiger partial charge on any atom is 0.316 e. The zero-order valence-corrected chi connectivity index (χ0v) is 11.5. The van der Waals surface area contributed by atoms with Crippen molar-refractivity contribution in [2.45, 2.75) is 24.8 Å². The van der Waals surface area contributed by atoms with Crippen LogP contribution in [-0.2, 0) is 0 Å². The minimum absolute atomic E-state index is 0.120. The van der Waals surface area contributed by atoms with Crippen molar-refractivity contribution < 1.29 is 9.32 Å². The SMILES string of the molecule is O=C(c1nc(C2CC2)no1)N1CC(Nc2ccccc2)C1. The fourth-order valence-electron chi connectivity index (χ4n) is 2.47. The van der Waals surface area contributed by atoms with Gasteiger partial charge in [-0.25, -0.2) is 0 Å². The van der Waals surface area contributed by atoms with E-state index in [0.717, 1.165) is 18.5 Å². The van der Waals surface area contributed by atoms with Crippen LogP contribution in [-0.4, -0.2) is 40.1 Å². The summed E-state index contributed by atoms with van der Waals surface area (Å²) < 4.78 is 5.07. The highest BCUT2D eigenvalue weighted by atomic mass is 16.5. The van der Waals surface area contributed by atoms with Crippen molar-refractivity contribution in [3.63, 3.8) is 0 Å². The monoisotopic (exact) mass is 284 g/mol. The number of aromatic nitrogens is 2. The summed E-state index contributed by atoms with van der Waals surface area (Å²) in [6, 6.07) is 10.3. The second-order valence-electron chi connectivity index (χ2n) is 5.65. The fraction of sp³-hybridized carbons (Fsp3) is 0.400. The van der Waals surface area contributed by atoms with Crippen LogP contribution in [0.1, 0.15) is 35.3 Å². The fourth-order valence-corrected chi connectivity index (χ4v) is 2.47. The van der Waals surface area contributed by atoms with Crippen LogP contribution in [0.5, 0.6) is 0 Å². The molecule has 0 bridgehead atoms. The molecule has 1 N–H and O–H groups in total. The molecule has 4 rings (SSSR count). The van der Waals surface area contributed by atoms with Gasteiger partial charge in [0.25, 0.3) is 0 Å². The molecule has 108 valence electrons. The van der Waals surface area contributed by atoms with E-state index in [9.17, 15) is 4.79 Å². The van der Waals surface area contributed by atoms with E-state index >= 15 is 0 Å². The van der Waals surface area contributed by atoms with E-state index in [-0.39, 0.29) is 17.8 Å². The third-order valence-electron chi connectivity index (χ3n) is 3.88. The van der Waals surface area contributed by atoms with Crippen molar-refractivity contribution in [1.82, 2.24) is 15.0 Å². The first-order valence-electron chi connectivity index (χ1n) is 7.24. The minimum atomic E-state index is -0.166. The molecule has 2 aromatic rings. The van der Waals surface area contributed by atoms with Gasteiger partial charge < -0.3 is 14.7 Å². The number of carbonyl (C=O) groups excluding carboxylic acids is 1. The van der Waals surface area contributed by atoms with Crippen molar-refractivity contribution in [3.8, 4) is 0 Å². The van der Waals surface area contributed by atoms with E-state index in [0.29, 0.717) is 24.8 Å². The number of nitrogens with zero attached hydrogens (tertiary/aromatic N) is 3. The Morgan fingerprint density at radius 3 is 2.71 bits per heavy atom. The maximum atomic E-state index is 12.2. The smallest absolute Gasteiger partial charge is 0.316 e. The number of hydrogen-bond acceptors (Lipinski definition) is 5. The molecule has 6 nitrogen and oxygen atoms in total. The molecule has 2 heterocycles. The molecule has 0 spiro atoms. The van der Waals surface area contributed by atoms with Gasteiger partial charge in [0, 0.05) is 24.7 Å². The van der Waals surface area contributed by atoms with Crippen LogP contribution in [0.25, 0.3) is 0 Å². The molecule has 1 saturated carbocycles. The number of amides is 1. The topological polar surface area (TPSA) is 71.3 Å². The van der Waals surface area contributed by atoms with Crippen molar-refractivity contribution in [2.24, 2.45) is 0 Å². The van der Waals surface area contributed by atoms with E-state index in [1.54, 1.807) is 4.90 Å². The van der Waals surface area contributed by atoms with Gasteiger partial charge in [0.15, 0.2) is 5.82 Å². The highest BCUT2D eigenvalue weighted by molar-refractivity contribution is 5.90. The minimum Gasteiger partial charge on any atom is -0.379 e. The van der Waals surface area contributed by atoms with E-state index in [1.165, 1.54) is 0 Å². The van der Waals surface area contributed by atoms with E-state index in [2.05, 4.69) is 15.5 Å². The van der Waals surface area contributed by atoms with Gasteiger partial charge in [0.2, 0.25) is 0 Å². The van der Waals surface area contributed by atoms with Crippen LogP contribution in [0.15, 0.2) is 34.9 Å². The molecule has 0 atom stereocenters. The van der Waals surface area contributed by atoms with Gasteiger partial charge in [-0.2, -0.15) is 4.98 Å². The zero-order chi connectivity index (χ0) is 14.2. The first-order chi connectivity index (χ1) is 10.3. The molecule has 2 aliphatic rings. The Labute approximate surface area is 122 Å². The van der Waals surface area contributed by atoms with Crippen LogP contribution in [0.4, 0.5) is 5.69 Å². The van der Waals surface area contributed by atoms with E-state index in [1.807, 2.05) is 30.3 Å². The van der Waals surface area contributed by atoms with Gasteiger partial charge in [-0.3, -0.25) is 4.79 Å². The van der Waals surface area contributed by atoms with Gasteiger partial charge >= 0.3 is 11.8 Å². The summed E-state index contributed by atoms with van der Waals surface area (Å²) in [7, 11) is 0. The Morgan fingerprint density at radius 1 is 1.24 bits per heavy atom. The highest BCUT2D eigenvalue weighted by Crippen LogP contribution is 2.38. The van der Waals surface area contributed by atoms with E-state index in [4.69, 9.17) is 4.52 Å². The van der Waals surface area contributed by atoms with Crippen LogP contribution in [0.3, 0.4) is 0 Å². The number of likely N-dealkylation sites (tertiary alicyclic amines) is 1. The molecule has 6 heteroatoms. The number of nitrogens with one attached hydrogen (secondary N) is 1. The molecule has 1 amide bonds. The van der Waals surface area contributed by atoms with E-state index < -0.39 is 0 Å². The third kappa shape index (κ3) is 2.49. The summed E-state index contributed by atoms with van der Waals surface area (Å²) in [4.78, 5) is 18.1. The molecule has 1 aliphatic carbocycles. The molecular weight excluding hydrogens is 268 g/mol. The lowest BCUT2D eigenvalue weighted by molar-refractivity contribution is 0.0574. The lowest BCUT2D eigenvalue weighted by atomic mass is 10.1. The average Bonchev–Trinajstić information content (AvgIpc) is 3.20. The second-order valence-corrected chi connectivity index (χ2v) is 5.65.